The van der Waals surface area contributed by atoms with Crippen LogP contribution in [0.15, 0.2) is 0 Å². The molecule has 2 fully saturated rings. The highest BCUT2D eigenvalue weighted by molar-refractivity contribution is 5.52. The van der Waals surface area contributed by atoms with Crippen LogP contribution < -0.4 is 15.0 Å². The summed E-state index contributed by atoms with van der Waals surface area (Å²) in [4.78, 5) is 11.9. The third kappa shape index (κ3) is 3.09. The lowest BCUT2D eigenvalue weighted by Crippen LogP contribution is -2.34. The van der Waals surface area contributed by atoms with Crippen LogP contribution in [-0.4, -0.2) is 40.9 Å². The second-order valence-corrected chi connectivity index (χ2v) is 7.70. The van der Waals surface area contributed by atoms with Gasteiger partial charge in [0, 0.05) is 36.7 Å². The third-order valence-electron chi connectivity index (χ3n) is 5.77. The lowest BCUT2D eigenvalue weighted by atomic mass is 10.1. The summed E-state index contributed by atoms with van der Waals surface area (Å²) in [5.74, 6) is 1.06. The predicted molar refractivity (Wildman–Crippen MR) is 92.1 cm³/mol. The van der Waals surface area contributed by atoms with E-state index < -0.39 is 0 Å². The van der Waals surface area contributed by atoms with Crippen molar-refractivity contribution in [1.82, 2.24) is 15.3 Å². The molecule has 1 aromatic heterocycles. The van der Waals surface area contributed by atoms with E-state index in [1.165, 1.54) is 31.2 Å². The number of rotatable bonds is 5. The van der Waals surface area contributed by atoms with E-state index in [-0.39, 0.29) is 12.0 Å². The molecule has 2 N–H and O–H groups in total. The zero-order chi connectivity index (χ0) is 16.6. The first-order valence-corrected chi connectivity index (χ1v) is 9.32. The van der Waals surface area contributed by atoms with Gasteiger partial charge >= 0.3 is 6.01 Å². The molecular weight excluding hydrogens is 304 g/mol. The fourth-order valence-corrected chi connectivity index (χ4v) is 3.76. The summed E-state index contributed by atoms with van der Waals surface area (Å²) in [6.45, 7) is 5.70. The van der Waals surface area contributed by atoms with E-state index in [9.17, 15) is 5.11 Å². The monoisotopic (exact) mass is 332 g/mol. The number of nitrogens with zero attached hydrogens (tertiary/aromatic N) is 3. The predicted octanol–water partition coefficient (Wildman–Crippen LogP) is 2.00. The van der Waals surface area contributed by atoms with Crippen LogP contribution in [0.1, 0.15) is 56.7 Å². The summed E-state index contributed by atoms with van der Waals surface area (Å²) in [6, 6.07) is 0.982. The van der Waals surface area contributed by atoms with E-state index in [0.717, 1.165) is 44.0 Å². The number of hydrogen-bond acceptors (Lipinski definition) is 6. The van der Waals surface area contributed by atoms with Gasteiger partial charge in [-0.05, 0) is 32.6 Å². The smallest absolute Gasteiger partial charge is 0.318 e. The summed E-state index contributed by atoms with van der Waals surface area (Å²) >= 11 is 0. The van der Waals surface area contributed by atoms with E-state index in [1.54, 1.807) is 0 Å². The van der Waals surface area contributed by atoms with Crippen molar-refractivity contribution in [3.05, 3.63) is 11.3 Å². The number of anilines is 1. The maximum Gasteiger partial charge on any atom is 0.318 e. The van der Waals surface area contributed by atoms with Crippen molar-refractivity contribution < 1.29 is 9.84 Å². The molecule has 0 radical (unpaired) electrons. The quantitative estimate of drug-likeness (QED) is 0.859. The van der Waals surface area contributed by atoms with Crippen molar-refractivity contribution in [1.29, 1.82) is 0 Å². The molecule has 132 valence electrons. The minimum absolute atomic E-state index is 0.0450. The van der Waals surface area contributed by atoms with Crippen LogP contribution in [0.3, 0.4) is 0 Å². The Kier molecular flexibility index (Phi) is 4.35. The molecule has 0 unspecified atom stereocenters. The molecule has 0 bridgehead atoms. The fraction of sp³-hybridized carbons (Fsp3) is 0.778. The molecule has 1 atom stereocenters. The SMILES string of the molecule is C[C@H]1CCCCCN1c1nc(OCC2(CO)CC2)nc2c1CNC2. The summed E-state index contributed by atoms with van der Waals surface area (Å²) < 4.78 is 5.91. The van der Waals surface area contributed by atoms with Crippen LogP contribution in [0.2, 0.25) is 0 Å². The number of nitrogens with one attached hydrogen (secondary N) is 1. The fourth-order valence-electron chi connectivity index (χ4n) is 3.76. The van der Waals surface area contributed by atoms with Crippen molar-refractivity contribution in [3.63, 3.8) is 0 Å². The number of aliphatic hydroxyl groups excluding tert-OH is 1. The van der Waals surface area contributed by atoms with E-state index in [0.29, 0.717) is 18.7 Å². The average Bonchev–Trinajstić information content (AvgIpc) is 3.28. The normalized spacial score (nSPS) is 25.2. The molecule has 0 amide bonds. The minimum atomic E-state index is -0.0450. The summed E-state index contributed by atoms with van der Waals surface area (Å²) in [6.07, 6.45) is 7.11. The molecule has 1 aliphatic carbocycles. The van der Waals surface area contributed by atoms with Crippen LogP contribution in [0.25, 0.3) is 0 Å². The lowest BCUT2D eigenvalue weighted by Gasteiger charge is -2.30. The van der Waals surface area contributed by atoms with Crippen molar-refractivity contribution in [2.45, 2.75) is 64.6 Å². The summed E-state index contributed by atoms with van der Waals surface area (Å²) in [5, 5.41) is 12.9. The maximum atomic E-state index is 9.47. The van der Waals surface area contributed by atoms with E-state index in [4.69, 9.17) is 9.72 Å². The Morgan fingerprint density at radius 3 is 2.92 bits per heavy atom. The number of hydrogen-bond donors (Lipinski definition) is 2. The van der Waals surface area contributed by atoms with Crippen molar-refractivity contribution in [3.8, 4) is 6.01 Å². The molecule has 6 nitrogen and oxygen atoms in total. The highest BCUT2D eigenvalue weighted by Gasteiger charge is 2.43. The van der Waals surface area contributed by atoms with Gasteiger partial charge in [-0.3, -0.25) is 0 Å². The highest BCUT2D eigenvalue weighted by Crippen LogP contribution is 2.45. The summed E-state index contributed by atoms with van der Waals surface area (Å²) in [7, 11) is 0. The molecule has 0 spiro atoms. The van der Waals surface area contributed by atoms with Gasteiger partial charge < -0.3 is 20.1 Å². The largest absolute Gasteiger partial charge is 0.463 e. The second kappa shape index (κ2) is 6.48. The van der Waals surface area contributed by atoms with E-state index in [2.05, 4.69) is 22.1 Å². The Morgan fingerprint density at radius 1 is 1.25 bits per heavy atom. The van der Waals surface area contributed by atoms with Gasteiger partial charge in [-0.25, -0.2) is 0 Å². The van der Waals surface area contributed by atoms with Gasteiger partial charge in [0.05, 0.1) is 18.9 Å². The van der Waals surface area contributed by atoms with Crippen LogP contribution in [-0.2, 0) is 13.1 Å². The van der Waals surface area contributed by atoms with Crippen LogP contribution in [0, 0.1) is 5.41 Å². The molecule has 1 aromatic rings. The molecular formula is C18H28N4O2. The Labute approximate surface area is 143 Å². The number of aromatic nitrogens is 2. The summed E-state index contributed by atoms with van der Waals surface area (Å²) in [5.41, 5.74) is 2.26. The zero-order valence-electron chi connectivity index (χ0n) is 14.6. The molecule has 24 heavy (non-hydrogen) atoms. The van der Waals surface area contributed by atoms with Gasteiger partial charge in [0.1, 0.15) is 5.82 Å². The first-order chi connectivity index (χ1) is 11.7. The van der Waals surface area contributed by atoms with Crippen LogP contribution in [0.4, 0.5) is 5.82 Å². The molecule has 3 aliphatic rings. The number of fused-ring (bicyclic) bond motifs is 1. The van der Waals surface area contributed by atoms with Crippen molar-refractivity contribution in [2.75, 3.05) is 24.7 Å². The van der Waals surface area contributed by atoms with Crippen molar-refractivity contribution in [2.24, 2.45) is 5.41 Å². The average molecular weight is 332 g/mol. The third-order valence-corrected chi connectivity index (χ3v) is 5.77. The van der Waals surface area contributed by atoms with Crippen molar-refractivity contribution >= 4 is 5.82 Å². The number of aliphatic hydroxyl groups is 1. The Hall–Kier alpha value is -1.40. The molecule has 1 saturated heterocycles. The lowest BCUT2D eigenvalue weighted by molar-refractivity contribution is 0.140. The van der Waals surface area contributed by atoms with Gasteiger partial charge in [0.2, 0.25) is 0 Å². The first kappa shape index (κ1) is 16.1. The van der Waals surface area contributed by atoms with Gasteiger partial charge in [-0.2, -0.15) is 9.97 Å². The maximum absolute atomic E-state index is 9.47. The van der Waals surface area contributed by atoms with Gasteiger partial charge in [-0.1, -0.05) is 12.8 Å². The molecule has 4 rings (SSSR count). The molecule has 2 aliphatic heterocycles. The van der Waals surface area contributed by atoms with Gasteiger partial charge in [0.25, 0.3) is 0 Å². The molecule has 1 saturated carbocycles. The Bertz CT molecular complexity index is 603. The molecule has 0 aromatic carbocycles. The minimum Gasteiger partial charge on any atom is -0.463 e. The van der Waals surface area contributed by atoms with Gasteiger partial charge in [-0.15, -0.1) is 0 Å². The standard InChI is InChI=1S/C18H28N4O2/c1-13-5-3-2-4-8-22(13)16-14-9-19-10-15(14)20-17(21-16)24-12-18(11-23)6-7-18/h13,19,23H,2-12H2,1H3/t13-/m0/s1. The van der Waals surface area contributed by atoms with Crippen LogP contribution >= 0.6 is 0 Å². The highest BCUT2D eigenvalue weighted by atomic mass is 16.5. The van der Waals surface area contributed by atoms with Gasteiger partial charge in [0.15, 0.2) is 0 Å². The first-order valence-electron chi connectivity index (χ1n) is 9.32. The van der Waals surface area contributed by atoms with Crippen LogP contribution in [0.5, 0.6) is 6.01 Å². The Morgan fingerprint density at radius 2 is 2.12 bits per heavy atom. The second-order valence-electron chi connectivity index (χ2n) is 7.70. The topological polar surface area (TPSA) is 70.5 Å². The molecule has 3 heterocycles. The molecule has 6 heteroatoms. The zero-order valence-corrected chi connectivity index (χ0v) is 14.6. The van der Waals surface area contributed by atoms with E-state index in [1.807, 2.05) is 0 Å². The number of ether oxygens (including phenoxy) is 1. The Balaban J connectivity index is 1.60. The van der Waals surface area contributed by atoms with E-state index >= 15 is 0 Å².